The number of benzene rings is 1. The number of carbonyl (C=O) groups is 1. The first-order chi connectivity index (χ1) is 8.74. The second-order valence-corrected chi connectivity index (χ2v) is 4.35. The number of hydrogen-bond acceptors (Lipinski definition) is 3. The van der Waals surface area contributed by atoms with Gasteiger partial charge < -0.3 is 5.32 Å². The lowest BCUT2D eigenvalue weighted by atomic mass is 10.0. The maximum Gasteiger partial charge on any atom is 0.237 e. The summed E-state index contributed by atoms with van der Waals surface area (Å²) in [5.41, 5.74) is 1.63. The Morgan fingerprint density at radius 1 is 1.39 bits per heavy atom. The molecule has 1 aliphatic heterocycles. The number of aromatic amines is 1. The molecule has 2 aromatic rings. The molecule has 1 aromatic heterocycles. The molecule has 0 aliphatic carbocycles. The van der Waals surface area contributed by atoms with Crippen LogP contribution in [0.4, 0.5) is 11.5 Å². The molecule has 1 aliphatic rings. The van der Waals surface area contributed by atoms with E-state index in [0.717, 1.165) is 11.3 Å². The topological polar surface area (TPSA) is 70.1 Å². The van der Waals surface area contributed by atoms with Crippen molar-refractivity contribution in [1.82, 2.24) is 10.2 Å². The smallest absolute Gasteiger partial charge is 0.237 e. The molecule has 0 spiro atoms. The Bertz CT molecular complexity index is 621. The summed E-state index contributed by atoms with van der Waals surface area (Å²) >= 11 is 5.94. The van der Waals surface area contributed by atoms with Crippen LogP contribution in [0.25, 0.3) is 0 Å². The monoisotopic (exact) mass is 260 g/mol. The van der Waals surface area contributed by atoms with E-state index in [-0.39, 0.29) is 5.91 Å². The number of H-pyrrole nitrogens is 1. The van der Waals surface area contributed by atoms with Crippen molar-refractivity contribution in [2.24, 2.45) is 4.99 Å². The van der Waals surface area contributed by atoms with Crippen molar-refractivity contribution < 1.29 is 4.79 Å². The van der Waals surface area contributed by atoms with Crippen LogP contribution >= 0.6 is 11.6 Å². The van der Waals surface area contributed by atoms with Crippen molar-refractivity contribution in [1.29, 1.82) is 0 Å². The Morgan fingerprint density at radius 3 is 3.06 bits per heavy atom. The number of hydrogen-bond donors (Lipinski definition) is 2. The van der Waals surface area contributed by atoms with E-state index in [1.807, 2.05) is 0 Å². The Kier molecular flexibility index (Phi) is 2.60. The summed E-state index contributed by atoms with van der Waals surface area (Å²) in [6.45, 7) is 0. The van der Waals surface area contributed by atoms with Crippen molar-refractivity contribution in [3.05, 3.63) is 41.0 Å². The molecule has 6 heteroatoms. The summed E-state index contributed by atoms with van der Waals surface area (Å²) in [7, 11) is 0. The number of fused-ring (bicyclic) bond motifs is 1. The zero-order valence-electron chi connectivity index (χ0n) is 9.22. The second-order valence-electron chi connectivity index (χ2n) is 3.92. The van der Waals surface area contributed by atoms with Crippen LogP contribution in [0.1, 0.15) is 11.5 Å². The summed E-state index contributed by atoms with van der Waals surface area (Å²) in [4.78, 5) is 16.0. The van der Waals surface area contributed by atoms with Gasteiger partial charge in [-0.1, -0.05) is 11.6 Å². The van der Waals surface area contributed by atoms with Crippen molar-refractivity contribution in [3.63, 3.8) is 0 Å². The van der Waals surface area contributed by atoms with Gasteiger partial charge in [0.15, 0.2) is 0 Å². The average molecular weight is 261 g/mol. The van der Waals surface area contributed by atoms with Gasteiger partial charge in [-0.25, -0.2) is 4.99 Å². The third-order valence-electron chi connectivity index (χ3n) is 2.74. The minimum Gasteiger partial charge on any atom is -0.325 e. The molecule has 3 rings (SSSR count). The van der Waals surface area contributed by atoms with E-state index < -0.39 is 5.92 Å². The molecule has 0 saturated heterocycles. The molecule has 18 heavy (non-hydrogen) atoms. The van der Waals surface area contributed by atoms with Crippen LogP contribution in [-0.4, -0.2) is 22.3 Å². The zero-order valence-corrected chi connectivity index (χ0v) is 9.98. The number of carbonyl (C=O) groups excluding carboxylic acids is 1. The van der Waals surface area contributed by atoms with Crippen LogP contribution in [0.3, 0.4) is 0 Å². The molecule has 0 saturated carbocycles. The van der Waals surface area contributed by atoms with Crippen LogP contribution < -0.4 is 5.32 Å². The van der Waals surface area contributed by atoms with Gasteiger partial charge in [0, 0.05) is 23.0 Å². The van der Waals surface area contributed by atoms with Crippen LogP contribution in [0.2, 0.25) is 5.02 Å². The minimum atomic E-state index is -0.415. The fraction of sp³-hybridized carbons (Fsp3) is 0.0833. The molecular formula is C12H9ClN4O. The second kappa shape index (κ2) is 4.27. The number of amides is 1. The van der Waals surface area contributed by atoms with Gasteiger partial charge in [-0.15, -0.1) is 0 Å². The van der Waals surface area contributed by atoms with Gasteiger partial charge in [0.05, 0.1) is 6.20 Å². The molecule has 5 nitrogen and oxygen atoms in total. The molecule has 1 unspecified atom stereocenters. The molecule has 90 valence electrons. The third kappa shape index (κ3) is 1.89. The highest BCUT2D eigenvalue weighted by molar-refractivity contribution is 6.31. The first-order valence-electron chi connectivity index (χ1n) is 5.38. The predicted octanol–water partition coefficient (Wildman–Crippen LogP) is 2.50. The largest absolute Gasteiger partial charge is 0.325 e. The fourth-order valence-corrected chi connectivity index (χ4v) is 2.06. The van der Waals surface area contributed by atoms with Crippen molar-refractivity contribution >= 4 is 35.2 Å². The minimum absolute atomic E-state index is 0.101. The first kappa shape index (κ1) is 11.0. The van der Waals surface area contributed by atoms with Crippen LogP contribution in [0.15, 0.2) is 35.5 Å². The van der Waals surface area contributed by atoms with Gasteiger partial charge in [0.2, 0.25) is 5.91 Å². The Morgan fingerprint density at radius 2 is 2.28 bits per heavy atom. The maximum atomic E-state index is 11.8. The number of halogens is 1. The quantitative estimate of drug-likeness (QED) is 0.815. The molecule has 2 N–H and O–H groups in total. The first-order valence-corrected chi connectivity index (χ1v) is 5.76. The van der Waals surface area contributed by atoms with Gasteiger partial charge in [-0.3, -0.25) is 9.89 Å². The number of nitrogens with one attached hydrogen (secondary N) is 2. The summed E-state index contributed by atoms with van der Waals surface area (Å²) in [6.07, 6.45) is 3.19. The average Bonchev–Trinajstić information content (AvgIpc) is 2.94. The molecule has 1 aromatic carbocycles. The lowest BCUT2D eigenvalue weighted by molar-refractivity contribution is -0.115. The number of aliphatic imine (C=N–C) groups is 1. The lowest BCUT2D eigenvalue weighted by Gasteiger charge is -2.01. The highest BCUT2D eigenvalue weighted by atomic mass is 35.5. The number of anilines is 1. The number of aromatic nitrogens is 2. The Hall–Kier alpha value is -2.14. The van der Waals surface area contributed by atoms with Gasteiger partial charge in [0.25, 0.3) is 0 Å². The normalized spacial score (nSPS) is 18.1. The van der Waals surface area contributed by atoms with E-state index >= 15 is 0 Å². The summed E-state index contributed by atoms with van der Waals surface area (Å²) in [6, 6.07) is 7.04. The summed E-state index contributed by atoms with van der Waals surface area (Å²) in [5, 5.41) is 9.88. The van der Waals surface area contributed by atoms with Crippen molar-refractivity contribution in [3.8, 4) is 0 Å². The van der Waals surface area contributed by atoms with E-state index in [0.29, 0.717) is 10.8 Å². The van der Waals surface area contributed by atoms with E-state index in [1.54, 1.807) is 36.7 Å². The van der Waals surface area contributed by atoms with Crippen LogP contribution in [0.5, 0.6) is 0 Å². The van der Waals surface area contributed by atoms with E-state index in [2.05, 4.69) is 20.5 Å². The Labute approximate surface area is 108 Å². The predicted molar refractivity (Wildman–Crippen MR) is 69.6 cm³/mol. The van der Waals surface area contributed by atoms with E-state index in [1.165, 1.54) is 0 Å². The molecule has 0 radical (unpaired) electrons. The molecule has 0 bridgehead atoms. The zero-order chi connectivity index (χ0) is 12.5. The van der Waals surface area contributed by atoms with Gasteiger partial charge in [-0.05, 0) is 23.8 Å². The molecule has 1 atom stereocenters. The van der Waals surface area contributed by atoms with Gasteiger partial charge >= 0.3 is 0 Å². The van der Waals surface area contributed by atoms with Gasteiger partial charge in [0.1, 0.15) is 11.7 Å². The fourth-order valence-electron chi connectivity index (χ4n) is 1.88. The molecular weight excluding hydrogens is 252 g/mol. The summed E-state index contributed by atoms with van der Waals surface area (Å²) < 4.78 is 0. The highest BCUT2D eigenvalue weighted by Gasteiger charge is 2.29. The third-order valence-corrected chi connectivity index (χ3v) is 2.97. The molecule has 2 heterocycles. The molecule has 1 amide bonds. The van der Waals surface area contributed by atoms with E-state index in [9.17, 15) is 4.79 Å². The number of rotatable bonds is 2. The Balaban J connectivity index is 1.94. The van der Waals surface area contributed by atoms with Crippen LogP contribution in [-0.2, 0) is 4.79 Å². The molecule has 0 fully saturated rings. The van der Waals surface area contributed by atoms with Crippen LogP contribution in [0, 0.1) is 0 Å². The van der Waals surface area contributed by atoms with Gasteiger partial charge in [-0.2, -0.15) is 5.10 Å². The highest BCUT2D eigenvalue weighted by Crippen LogP contribution is 2.33. The van der Waals surface area contributed by atoms with Crippen molar-refractivity contribution in [2.75, 3.05) is 5.32 Å². The van der Waals surface area contributed by atoms with Crippen molar-refractivity contribution in [2.45, 2.75) is 5.92 Å². The maximum absolute atomic E-state index is 11.8. The summed E-state index contributed by atoms with van der Waals surface area (Å²) in [5.74, 6) is 0.0933. The van der Waals surface area contributed by atoms with E-state index in [4.69, 9.17) is 11.6 Å². The standard InChI is InChI=1S/C12H9ClN4O/c13-7-1-2-10-8(5-7)9(12(18)16-10)6-14-11-3-4-15-17-11/h1-6,9H,(H,15,17)(H,16,18). The lowest BCUT2D eigenvalue weighted by Crippen LogP contribution is -2.12. The number of nitrogens with zero attached hydrogens (tertiary/aromatic N) is 2. The SMILES string of the molecule is O=C1Nc2ccc(Cl)cc2C1C=Nc1ccn[nH]1.